The van der Waals surface area contributed by atoms with Gasteiger partial charge in [-0.05, 0) is 5.56 Å². The first-order valence-corrected chi connectivity index (χ1v) is 3.47. The van der Waals surface area contributed by atoms with Gasteiger partial charge in [0.25, 0.3) is 0 Å². The largest absolute Gasteiger partial charge is 0.372 e. The molecule has 0 spiro atoms. The maximum Gasteiger partial charge on any atom is 0.345 e. The van der Waals surface area contributed by atoms with Crippen molar-refractivity contribution < 1.29 is 9.63 Å². The average molecular weight is 166 g/mol. The van der Waals surface area contributed by atoms with E-state index in [1.807, 2.05) is 6.07 Å². The lowest BCUT2D eigenvalue weighted by molar-refractivity contribution is -0.145. The van der Waals surface area contributed by atoms with Crippen LogP contribution in [0.3, 0.4) is 0 Å². The Hall–Kier alpha value is -1.39. The molecule has 0 aliphatic rings. The average Bonchev–Trinajstić information content (AvgIpc) is 2.17. The zero-order valence-electron chi connectivity index (χ0n) is 6.44. The minimum Gasteiger partial charge on any atom is -0.372 e. The number of benzene rings is 1. The summed E-state index contributed by atoms with van der Waals surface area (Å²) in [6.07, 6.45) is 0. The lowest BCUT2D eigenvalue weighted by atomic mass is 10.1. The van der Waals surface area contributed by atoms with Gasteiger partial charge in [-0.3, -0.25) is 0 Å². The molecule has 1 atom stereocenters. The van der Waals surface area contributed by atoms with Gasteiger partial charge in [0.1, 0.15) is 6.04 Å². The molecule has 0 saturated carbocycles. The highest BCUT2D eigenvalue weighted by Crippen LogP contribution is 2.09. The molecule has 12 heavy (non-hydrogen) atoms. The number of carbonyl (C=O) groups is 1. The van der Waals surface area contributed by atoms with Crippen LogP contribution in [0.4, 0.5) is 0 Å². The summed E-state index contributed by atoms with van der Waals surface area (Å²) in [5.41, 5.74) is 6.18. The number of hydrogen-bond acceptors (Lipinski definition) is 4. The standard InChI is InChI=1S/C8H10N2O2/c9-7(8(11)12-10)6-4-2-1-3-5-6/h1-5,7H,9-10H2. The van der Waals surface area contributed by atoms with E-state index in [4.69, 9.17) is 5.73 Å². The van der Waals surface area contributed by atoms with E-state index in [2.05, 4.69) is 10.7 Å². The molecule has 4 N–H and O–H groups in total. The minimum atomic E-state index is -0.795. The Morgan fingerprint density at radius 1 is 1.33 bits per heavy atom. The van der Waals surface area contributed by atoms with Gasteiger partial charge in [0.2, 0.25) is 0 Å². The maximum atomic E-state index is 10.8. The SMILES string of the molecule is NOC(=O)C(N)c1ccccc1. The highest BCUT2D eigenvalue weighted by molar-refractivity contribution is 5.76. The summed E-state index contributed by atoms with van der Waals surface area (Å²) in [4.78, 5) is 14.8. The molecule has 0 amide bonds. The van der Waals surface area contributed by atoms with Crippen LogP contribution in [0.15, 0.2) is 30.3 Å². The molecule has 0 aliphatic heterocycles. The lowest BCUT2D eigenvalue weighted by Gasteiger charge is -2.07. The Morgan fingerprint density at radius 2 is 1.92 bits per heavy atom. The molecule has 0 bridgehead atoms. The summed E-state index contributed by atoms with van der Waals surface area (Å²) in [7, 11) is 0. The zero-order chi connectivity index (χ0) is 8.97. The van der Waals surface area contributed by atoms with E-state index in [-0.39, 0.29) is 0 Å². The molecule has 1 aromatic carbocycles. The Bertz CT molecular complexity index is 261. The van der Waals surface area contributed by atoms with E-state index in [9.17, 15) is 4.79 Å². The molecule has 0 aromatic heterocycles. The Labute approximate surface area is 70.1 Å². The van der Waals surface area contributed by atoms with Crippen molar-refractivity contribution in [3.05, 3.63) is 35.9 Å². The first kappa shape index (κ1) is 8.70. The van der Waals surface area contributed by atoms with Gasteiger partial charge in [0.05, 0.1) is 0 Å². The minimum absolute atomic E-state index is 0.638. The van der Waals surface area contributed by atoms with E-state index in [1.54, 1.807) is 24.3 Å². The van der Waals surface area contributed by atoms with Crippen molar-refractivity contribution in [1.29, 1.82) is 0 Å². The van der Waals surface area contributed by atoms with Crippen molar-refractivity contribution >= 4 is 5.97 Å². The van der Waals surface area contributed by atoms with E-state index in [0.717, 1.165) is 0 Å². The van der Waals surface area contributed by atoms with Gasteiger partial charge >= 0.3 is 5.97 Å². The van der Waals surface area contributed by atoms with Crippen molar-refractivity contribution in [3.63, 3.8) is 0 Å². The second-order valence-corrected chi connectivity index (χ2v) is 2.33. The van der Waals surface area contributed by atoms with Gasteiger partial charge in [-0.15, -0.1) is 0 Å². The molecule has 0 saturated heterocycles. The van der Waals surface area contributed by atoms with Crippen LogP contribution in [-0.4, -0.2) is 5.97 Å². The Morgan fingerprint density at radius 3 is 2.42 bits per heavy atom. The third-order valence-electron chi connectivity index (χ3n) is 1.53. The van der Waals surface area contributed by atoms with Crippen molar-refractivity contribution in [1.82, 2.24) is 0 Å². The van der Waals surface area contributed by atoms with Gasteiger partial charge < -0.3 is 10.6 Å². The van der Waals surface area contributed by atoms with Crippen LogP contribution in [0.5, 0.6) is 0 Å². The van der Waals surface area contributed by atoms with Crippen LogP contribution < -0.4 is 11.6 Å². The van der Waals surface area contributed by atoms with E-state index in [0.29, 0.717) is 5.56 Å². The normalized spacial score (nSPS) is 12.2. The molecule has 4 heteroatoms. The molecule has 0 fully saturated rings. The van der Waals surface area contributed by atoms with Crippen molar-refractivity contribution in [2.24, 2.45) is 11.6 Å². The van der Waals surface area contributed by atoms with Gasteiger partial charge in [-0.25, -0.2) is 4.79 Å². The fourth-order valence-corrected chi connectivity index (χ4v) is 0.870. The van der Waals surface area contributed by atoms with Crippen LogP contribution in [0.1, 0.15) is 11.6 Å². The summed E-state index contributed by atoms with van der Waals surface area (Å²) < 4.78 is 0. The van der Waals surface area contributed by atoms with Crippen LogP contribution >= 0.6 is 0 Å². The van der Waals surface area contributed by atoms with Crippen LogP contribution in [0.2, 0.25) is 0 Å². The maximum absolute atomic E-state index is 10.8. The molecule has 1 aromatic rings. The predicted octanol–water partition coefficient (Wildman–Crippen LogP) is 0.103. The van der Waals surface area contributed by atoms with Gasteiger partial charge in [-0.2, -0.15) is 5.90 Å². The van der Waals surface area contributed by atoms with E-state index < -0.39 is 12.0 Å². The topological polar surface area (TPSA) is 78.3 Å². The van der Waals surface area contributed by atoms with E-state index in [1.165, 1.54) is 0 Å². The molecule has 0 aliphatic carbocycles. The fourth-order valence-electron chi connectivity index (χ4n) is 0.870. The first-order chi connectivity index (χ1) is 5.75. The molecular weight excluding hydrogens is 156 g/mol. The van der Waals surface area contributed by atoms with Crippen molar-refractivity contribution in [3.8, 4) is 0 Å². The smallest absolute Gasteiger partial charge is 0.345 e. The van der Waals surface area contributed by atoms with Crippen LogP contribution in [0, 0.1) is 0 Å². The summed E-state index contributed by atoms with van der Waals surface area (Å²) in [5, 5.41) is 0. The first-order valence-electron chi connectivity index (χ1n) is 3.47. The van der Waals surface area contributed by atoms with Crippen LogP contribution in [0.25, 0.3) is 0 Å². The molecule has 1 rings (SSSR count). The van der Waals surface area contributed by atoms with Crippen molar-refractivity contribution in [2.45, 2.75) is 6.04 Å². The summed E-state index contributed by atoms with van der Waals surface area (Å²) >= 11 is 0. The molecule has 1 unspecified atom stereocenters. The molecule has 4 nitrogen and oxygen atoms in total. The molecular formula is C8H10N2O2. The number of nitrogens with two attached hydrogens (primary N) is 2. The molecule has 64 valence electrons. The highest BCUT2D eigenvalue weighted by atomic mass is 16.7. The monoisotopic (exact) mass is 166 g/mol. The second kappa shape index (κ2) is 3.85. The van der Waals surface area contributed by atoms with Crippen LogP contribution in [-0.2, 0) is 9.63 Å². The Kier molecular flexibility index (Phi) is 2.79. The number of hydrogen-bond donors (Lipinski definition) is 2. The second-order valence-electron chi connectivity index (χ2n) is 2.33. The van der Waals surface area contributed by atoms with Gasteiger partial charge in [0, 0.05) is 0 Å². The molecule has 0 heterocycles. The van der Waals surface area contributed by atoms with Crippen molar-refractivity contribution in [2.75, 3.05) is 0 Å². The van der Waals surface area contributed by atoms with Gasteiger partial charge in [0.15, 0.2) is 0 Å². The van der Waals surface area contributed by atoms with E-state index >= 15 is 0 Å². The molecule has 0 radical (unpaired) electrons. The number of carbonyl (C=O) groups excluding carboxylic acids is 1. The third-order valence-corrected chi connectivity index (χ3v) is 1.53. The summed E-state index contributed by atoms with van der Waals surface area (Å²) in [6.45, 7) is 0. The summed E-state index contributed by atoms with van der Waals surface area (Å²) in [6, 6.07) is 8.10. The van der Waals surface area contributed by atoms with Gasteiger partial charge in [-0.1, -0.05) is 30.3 Å². The Balaban J connectivity index is 2.78. The third kappa shape index (κ3) is 1.81. The fraction of sp³-hybridized carbons (Fsp3) is 0.125. The summed E-state index contributed by atoms with van der Waals surface area (Å²) in [5.74, 6) is 4.04. The highest BCUT2D eigenvalue weighted by Gasteiger charge is 2.15. The predicted molar refractivity (Wildman–Crippen MR) is 43.6 cm³/mol. The lowest BCUT2D eigenvalue weighted by Crippen LogP contribution is -2.25. The number of rotatable bonds is 2. The zero-order valence-corrected chi connectivity index (χ0v) is 6.44. The quantitative estimate of drug-likeness (QED) is 0.611.